The van der Waals surface area contributed by atoms with Crippen molar-refractivity contribution in [2.75, 3.05) is 6.61 Å². The molecule has 29 heavy (non-hydrogen) atoms. The number of carbonyl (C=O) groups excluding carboxylic acids is 1. The summed E-state index contributed by atoms with van der Waals surface area (Å²) in [7, 11) is 0. The van der Waals surface area contributed by atoms with Crippen LogP contribution in [-0.2, 0) is 30.3 Å². The minimum Gasteiger partial charge on any atom is -0.455 e. The second-order valence-corrected chi connectivity index (χ2v) is 7.23. The van der Waals surface area contributed by atoms with Gasteiger partial charge in [0.25, 0.3) is 5.56 Å². The van der Waals surface area contributed by atoms with Crippen molar-refractivity contribution in [1.29, 1.82) is 0 Å². The molecule has 154 valence electrons. The van der Waals surface area contributed by atoms with Crippen LogP contribution in [0.3, 0.4) is 0 Å². The van der Waals surface area contributed by atoms with Crippen LogP contribution in [-0.4, -0.2) is 46.0 Å². The maximum atomic E-state index is 12.4. The Morgan fingerprint density at radius 2 is 2.03 bits per heavy atom. The second kappa shape index (κ2) is 7.58. The number of ether oxygens (including phenoxy) is 4. The Morgan fingerprint density at radius 1 is 1.28 bits per heavy atom. The first kappa shape index (κ1) is 19.6. The molecular weight excluding hydrogens is 380 g/mol. The standard InChI is InChI=1S/C20H22N2O7/c1-12-20(11-27-12)17(26-10-14-6-4-3-5-7-14)16(28-13(2)23)18(29-20)22-9-8-15(24)21-19(22)25/h3-9,12,16-18H,10-11H2,1-2H3,(H,21,24,25)/t12-,16-,17-,18?,20-/m1/s1. The number of nitrogens with one attached hydrogen (secondary N) is 1. The summed E-state index contributed by atoms with van der Waals surface area (Å²) in [6.45, 7) is 3.63. The van der Waals surface area contributed by atoms with Gasteiger partial charge >= 0.3 is 11.7 Å². The van der Waals surface area contributed by atoms with Crippen LogP contribution < -0.4 is 11.2 Å². The van der Waals surface area contributed by atoms with E-state index in [9.17, 15) is 14.4 Å². The Labute approximate surface area is 166 Å². The van der Waals surface area contributed by atoms with E-state index < -0.39 is 41.3 Å². The molecule has 0 amide bonds. The molecule has 9 nitrogen and oxygen atoms in total. The third kappa shape index (κ3) is 3.52. The predicted molar refractivity (Wildman–Crippen MR) is 100 cm³/mol. The third-order valence-corrected chi connectivity index (χ3v) is 5.35. The average Bonchev–Trinajstić information content (AvgIpc) is 3.01. The van der Waals surface area contributed by atoms with Gasteiger partial charge in [0.05, 0.1) is 19.3 Å². The lowest BCUT2D eigenvalue weighted by Crippen LogP contribution is -2.64. The summed E-state index contributed by atoms with van der Waals surface area (Å²) in [6.07, 6.45) is -1.54. The zero-order valence-corrected chi connectivity index (χ0v) is 16.1. The Bertz CT molecular complexity index is 1000. The third-order valence-electron chi connectivity index (χ3n) is 5.35. The lowest BCUT2D eigenvalue weighted by molar-refractivity contribution is -0.284. The molecule has 0 bridgehead atoms. The highest BCUT2D eigenvalue weighted by atomic mass is 16.7. The van der Waals surface area contributed by atoms with E-state index in [2.05, 4.69) is 4.98 Å². The minimum absolute atomic E-state index is 0.236. The van der Waals surface area contributed by atoms with Crippen LogP contribution in [0.5, 0.6) is 0 Å². The normalized spacial score (nSPS) is 30.8. The lowest BCUT2D eigenvalue weighted by atomic mass is 9.86. The Morgan fingerprint density at radius 3 is 2.62 bits per heavy atom. The van der Waals surface area contributed by atoms with Gasteiger partial charge in [0, 0.05) is 19.2 Å². The topological polar surface area (TPSA) is 109 Å². The summed E-state index contributed by atoms with van der Waals surface area (Å²) in [5.41, 5.74) is -1.12. The van der Waals surface area contributed by atoms with Crippen molar-refractivity contribution in [2.45, 2.75) is 50.6 Å². The average molecular weight is 402 g/mol. The molecule has 1 N–H and O–H groups in total. The molecule has 2 aromatic rings. The summed E-state index contributed by atoms with van der Waals surface area (Å²) < 4.78 is 24.7. The van der Waals surface area contributed by atoms with Crippen molar-refractivity contribution < 1.29 is 23.7 Å². The first-order valence-corrected chi connectivity index (χ1v) is 9.34. The fourth-order valence-electron chi connectivity index (χ4n) is 3.79. The van der Waals surface area contributed by atoms with Gasteiger partial charge in [0.15, 0.2) is 12.3 Å². The SMILES string of the molecule is CC(=O)O[C@H]1C(n2ccc(=O)[nH]c2=O)O[C@@]2(CO[C@@H]2C)[C@@H]1OCc1ccccc1. The number of aromatic amines is 1. The molecule has 0 saturated carbocycles. The molecule has 0 radical (unpaired) electrons. The van der Waals surface area contributed by atoms with E-state index >= 15 is 0 Å². The number of aromatic nitrogens is 2. The summed E-state index contributed by atoms with van der Waals surface area (Å²) >= 11 is 0. The van der Waals surface area contributed by atoms with Crippen LogP contribution in [0.15, 0.2) is 52.2 Å². The van der Waals surface area contributed by atoms with Crippen LogP contribution in [0.2, 0.25) is 0 Å². The van der Waals surface area contributed by atoms with E-state index in [4.69, 9.17) is 18.9 Å². The van der Waals surface area contributed by atoms with E-state index in [1.807, 2.05) is 37.3 Å². The van der Waals surface area contributed by atoms with Crippen molar-refractivity contribution in [3.8, 4) is 0 Å². The molecule has 2 fully saturated rings. The van der Waals surface area contributed by atoms with Gasteiger partial charge < -0.3 is 18.9 Å². The zero-order valence-electron chi connectivity index (χ0n) is 16.1. The van der Waals surface area contributed by atoms with Gasteiger partial charge in [-0.15, -0.1) is 0 Å². The number of hydrogen-bond donors (Lipinski definition) is 1. The molecule has 3 heterocycles. The smallest absolute Gasteiger partial charge is 0.330 e. The molecule has 9 heteroatoms. The summed E-state index contributed by atoms with van der Waals surface area (Å²) in [6, 6.07) is 10.8. The molecule has 4 rings (SSSR count). The zero-order chi connectivity index (χ0) is 20.6. The number of esters is 1. The lowest BCUT2D eigenvalue weighted by Gasteiger charge is -2.47. The molecule has 0 aliphatic carbocycles. The van der Waals surface area contributed by atoms with Gasteiger partial charge in [-0.2, -0.15) is 0 Å². The van der Waals surface area contributed by atoms with Gasteiger partial charge in [-0.05, 0) is 12.5 Å². The van der Waals surface area contributed by atoms with Crippen molar-refractivity contribution >= 4 is 5.97 Å². The highest BCUT2D eigenvalue weighted by molar-refractivity contribution is 5.66. The molecule has 2 saturated heterocycles. The van der Waals surface area contributed by atoms with Crippen molar-refractivity contribution in [1.82, 2.24) is 9.55 Å². The number of nitrogens with zero attached hydrogens (tertiary/aromatic N) is 1. The first-order valence-electron chi connectivity index (χ1n) is 9.34. The number of hydrogen-bond acceptors (Lipinski definition) is 7. The summed E-state index contributed by atoms with van der Waals surface area (Å²) in [5.74, 6) is -0.528. The fourth-order valence-corrected chi connectivity index (χ4v) is 3.79. The molecule has 2 aliphatic heterocycles. The fraction of sp³-hybridized carbons (Fsp3) is 0.450. The highest BCUT2D eigenvalue weighted by Crippen LogP contribution is 2.48. The number of benzene rings is 1. The molecule has 1 aromatic carbocycles. The van der Waals surface area contributed by atoms with Gasteiger partial charge in [-0.3, -0.25) is 19.1 Å². The maximum absolute atomic E-state index is 12.4. The Hall–Kier alpha value is -2.75. The van der Waals surface area contributed by atoms with Crippen LogP contribution in [0.25, 0.3) is 0 Å². The van der Waals surface area contributed by atoms with Gasteiger partial charge in [0.2, 0.25) is 0 Å². The van der Waals surface area contributed by atoms with Crippen molar-refractivity contribution in [3.63, 3.8) is 0 Å². The highest BCUT2D eigenvalue weighted by Gasteiger charge is 2.66. The minimum atomic E-state index is -0.963. The largest absolute Gasteiger partial charge is 0.455 e. The summed E-state index contributed by atoms with van der Waals surface area (Å²) in [4.78, 5) is 37.8. The van der Waals surface area contributed by atoms with Crippen LogP contribution in [0, 0.1) is 0 Å². The van der Waals surface area contributed by atoms with Crippen LogP contribution in [0.4, 0.5) is 0 Å². The molecule has 2 aliphatic rings. The van der Waals surface area contributed by atoms with Crippen LogP contribution >= 0.6 is 0 Å². The van der Waals surface area contributed by atoms with E-state index in [-0.39, 0.29) is 19.3 Å². The van der Waals surface area contributed by atoms with Crippen molar-refractivity contribution in [2.24, 2.45) is 0 Å². The van der Waals surface area contributed by atoms with Gasteiger partial charge in [0.1, 0.15) is 11.7 Å². The molecule has 1 spiro atoms. The molecule has 5 atom stereocenters. The number of H-pyrrole nitrogens is 1. The van der Waals surface area contributed by atoms with Gasteiger partial charge in [-0.1, -0.05) is 30.3 Å². The molecular formula is C20H22N2O7. The maximum Gasteiger partial charge on any atom is 0.330 e. The van der Waals surface area contributed by atoms with E-state index in [1.54, 1.807) is 0 Å². The summed E-state index contributed by atoms with van der Waals surface area (Å²) in [5, 5.41) is 0. The Kier molecular flexibility index (Phi) is 5.12. The molecule has 1 unspecified atom stereocenters. The Balaban J connectivity index is 1.70. The monoisotopic (exact) mass is 402 g/mol. The first-order chi connectivity index (χ1) is 13.9. The quantitative estimate of drug-likeness (QED) is 0.735. The van der Waals surface area contributed by atoms with E-state index in [1.165, 1.54) is 23.8 Å². The van der Waals surface area contributed by atoms with Crippen LogP contribution in [0.1, 0.15) is 25.6 Å². The van der Waals surface area contributed by atoms with Crippen molar-refractivity contribution in [3.05, 3.63) is 69.0 Å². The second-order valence-electron chi connectivity index (χ2n) is 7.23. The number of rotatable bonds is 5. The predicted octanol–water partition coefficient (Wildman–Crippen LogP) is 0.740. The van der Waals surface area contributed by atoms with E-state index in [0.717, 1.165) is 5.56 Å². The van der Waals surface area contributed by atoms with E-state index in [0.29, 0.717) is 0 Å². The number of carbonyl (C=O) groups is 1. The van der Waals surface area contributed by atoms with Gasteiger partial charge in [-0.25, -0.2) is 4.79 Å². The molecule has 1 aromatic heterocycles.